The van der Waals surface area contributed by atoms with Crippen molar-refractivity contribution < 1.29 is 9.47 Å². The van der Waals surface area contributed by atoms with Gasteiger partial charge in [-0.05, 0) is 62.5 Å². The number of hydrogen-bond acceptors (Lipinski definition) is 8. The molecule has 10 heteroatoms. The van der Waals surface area contributed by atoms with Crippen molar-refractivity contribution in [2.75, 3.05) is 37.8 Å². The number of anilines is 1. The van der Waals surface area contributed by atoms with E-state index in [9.17, 15) is 4.79 Å². The van der Waals surface area contributed by atoms with Crippen LogP contribution in [-0.4, -0.2) is 58.5 Å². The standard InChI is InChI=1S/C27H32ClN5O3S/c1-18-12-27(16-36-18)6-8-32(9-7-27)22-13-30-23(14-29-22)37-21-3-2-20-24(25(21)28)26(34)33(17-31-20)15-19-4-10-35-11-5-19/h2-3,13-14,17-19H,4-12,15-16H2,1H3/t18-/m0/s1. The third-order valence-electron chi connectivity index (χ3n) is 8.06. The largest absolute Gasteiger partial charge is 0.381 e. The first-order chi connectivity index (χ1) is 18.0. The molecule has 0 N–H and O–H groups in total. The fraction of sp³-hybridized carbons (Fsp3) is 0.556. The molecular formula is C27H32ClN5O3S. The Hall–Kier alpha value is -2.20. The van der Waals surface area contributed by atoms with E-state index < -0.39 is 0 Å². The number of nitrogens with zero attached hydrogens (tertiary/aromatic N) is 5. The fourth-order valence-corrected chi connectivity index (χ4v) is 6.97. The molecule has 5 heterocycles. The molecule has 0 radical (unpaired) electrons. The Morgan fingerprint density at radius 3 is 2.65 bits per heavy atom. The minimum absolute atomic E-state index is 0.102. The van der Waals surface area contributed by atoms with Gasteiger partial charge in [-0.25, -0.2) is 15.0 Å². The van der Waals surface area contributed by atoms with E-state index in [-0.39, 0.29) is 5.56 Å². The topological polar surface area (TPSA) is 82.4 Å². The summed E-state index contributed by atoms with van der Waals surface area (Å²) < 4.78 is 13.0. The second-order valence-electron chi connectivity index (χ2n) is 10.7. The monoisotopic (exact) mass is 541 g/mol. The van der Waals surface area contributed by atoms with E-state index in [0.717, 1.165) is 80.8 Å². The van der Waals surface area contributed by atoms with Gasteiger partial charge in [-0.2, -0.15) is 0 Å². The molecule has 3 aromatic rings. The smallest absolute Gasteiger partial charge is 0.262 e. The maximum atomic E-state index is 13.3. The highest BCUT2D eigenvalue weighted by atomic mass is 35.5. The average molecular weight is 542 g/mol. The number of benzene rings is 1. The Kier molecular flexibility index (Phi) is 7.13. The van der Waals surface area contributed by atoms with Crippen LogP contribution in [0.15, 0.2) is 45.6 Å². The summed E-state index contributed by atoms with van der Waals surface area (Å²) in [5.41, 5.74) is 0.841. The van der Waals surface area contributed by atoms with Gasteiger partial charge in [-0.15, -0.1) is 0 Å². The molecule has 0 aliphatic carbocycles. The quantitative estimate of drug-likeness (QED) is 0.455. The Bertz CT molecular complexity index is 1320. The lowest BCUT2D eigenvalue weighted by atomic mass is 9.77. The van der Waals surface area contributed by atoms with Gasteiger partial charge in [0.05, 0.1) is 47.4 Å². The van der Waals surface area contributed by atoms with E-state index >= 15 is 0 Å². The van der Waals surface area contributed by atoms with E-state index in [2.05, 4.69) is 21.8 Å². The van der Waals surface area contributed by atoms with E-state index in [0.29, 0.717) is 39.9 Å². The molecule has 196 valence electrons. The highest BCUT2D eigenvalue weighted by molar-refractivity contribution is 7.99. The average Bonchev–Trinajstić information content (AvgIpc) is 3.28. The highest BCUT2D eigenvalue weighted by Gasteiger charge is 2.41. The molecule has 3 saturated heterocycles. The van der Waals surface area contributed by atoms with Crippen LogP contribution >= 0.6 is 23.4 Å². The minimum Gasteiger partial charge on any atom is -0.381 e. The van der Waals surface area contributed by atoms with Crippen molar-refractivity contribution in [3.8, 4) is 0 Å². The summed E-state index contributed by atoms with van der Waals surface area (Å²) >= 11 is 8.19. The summed E-state index contributed by atoms with van der Waals surface area (Å²) in [7, 11) is 0. The van der Waals surface area contributed by atoms with Crippen molar-refractivity contribution in [2.45, 2.75) is 61.6 Å². The number of rotatable bonds is 5. The third-order valence-corrected chi connectivity index (χ3v) is 9.55. The maximum absolute atomic E-state index is 13.3. The molecule has 0 saturated carbocycles. The van der Waals surface area contributed by atoms with Crippen LogP contribution in [0.4, 0.5) is 5.82 Å². The van der Waals surface area contributed by atoms with Gasteiger partial charge < -0.3 is 14.4 Å². The first-order valence-electron chi connectivity index (χ1n) is 13.1. The molecule has 0 amide bonds. The van der Waals surface area contributed by atoms with Gasteiger partial charge in [0.15, 0.2) is 0 Å². The zero-order valence-electron chi connectivity index (χ0n) is 21.1. The van der Waals surface area contributed by atoms with E-state index in [1.165, 1.54) is 11.8 Å². The summed E-state index contributed by atoms with van der Waals surface area (Å²) in [5.74, 6) is 1.31. The molecular weight excluding hydrogens is 510 g/mol. The molecule has 6 rings (SSSR count). The molecule has 3 fully saturated rings. The first kappa shape index (κ1) is 25.1. The van der Waals surface area contributed by atoms with Crippen LogP contribution in [0.2, 0.25) is 5.02 Å². The number of fused-ring (bicyclic) bond motifs is 1. The number of halogens is 1. The molecule has 1 atom stereocenters. The molecule has 3 aliphatic heterocycles. The lowest BCUT2D eigenvalue weighted by molar-refractivity contribution is 0.0609. The second kappa shape index (κ2) is 10.5. The Morgan fingerprint density at radius 1 is 1.14 bits per heavy atom. The molecule has 1 aromatic carbocycles. The minimum atomic E-state index is -0.102. The fourth-order valence-electron chi connectivity index (χ4n) is 5.85. The van der Waals surface area contributed by atoms with Crippen LogP contribution in [0, 0.1) is 11.3 Å². The molecule has 3 aliphatic rings. The Balaban J connectivity index is 1.16. The van der Waals surface area contributed by atoms with Crippen LogP contribution in [-0.2, 0) is 16.0 Å². The van der Waals surface area contributed by atoms with Crippen molar-refractivity contribution in [2.24, 2.45) is 11.3 Å². The van der Waals surface area contributed by atoms with Crippen molar-refractivity contribution >= 4 is 40.1 Å². The first-order valence-corrected chi connectivity index (χ1v) is 14.3. The van der Waals surface area contributed by atoms with Crippen molar-refractivity contribution in [3.63, 3.8) is 0 Å². The zero-order chi connectivity index (χ0) is 25.4. The highest BCUT2D eigenvalue weighted by Crippen LogP contribution is 2.42. The van der Waals surface area contributed by atoms with Gasteiger partial charge in [0.2, 0.25) is 0 Å². The van der Waals surface area contributed by atoms with E-state index in [1.807, 2.05) is 18.3 Å². The predicted molar refractivity (Wildman–Crippen MR) is 145 cm³/mol. The summed E-state index contributed by atoms with van der Waals surface area (Å²) in [4.78, 5) is 30.3. The van der Waals surface area contributed by atoms with Crippen molar-refractivity contribution in [1.29, 1.82) is 0 Å². The molecule has 8 nitrogen and oxygen atoms in total. The lowest BCUT2D eigenvalue weighted by Gasteiger charge is -2.38. The number of aromatic nitrogens is 4. The molecule has 0 unspecified atom stereocenters. The molecule has 1 spiro atoms. The summed E-state index contributed by atoms with van der Waals surface area (Å²) in [5, 5.41) is 1.61. The normalized spacial score (nSPS) is 22.2. The van der Waals surface area contributed by atoms with Gasteiger partial charge >= 0.3 is 0 Å². The predicted octanol–water partition coefficient (Wildman–Crippen LogP) is 4.81. The van der Waals surface area contributed by atoms with Gasteiger partial charge in [0, 0.05) is 37.7 Å². The van der Waals surface area contributed by atoms with Gasteiger partial charge in [0.1, 0.15) is 10.8 Å². The van der Waals surface area contributed by atoms with Crippen LogP contribution in [0.1, 0.15) is 39.0 Å². The molecule has 2 aromatic heterocycles. The van der Waals surface area contributed by atoms with Crippen LogP contribution in [0.3, 0.4) is 0 Å². The number of ether oxygens (including phenoxy) is 2. The molecule has 0 bridgehead atoms. The van der Waals surface area contributed by atoms with Gasteiger partial charge in [-0.3, -0.25) is 9.36 Å². The molecule has 37 heavy (non-hydrogen) atoms. The third kappa shape index (κ3) is 5.24. The van der Waals surface area contributed by atoms with Crippen LogP contribution in [0.25, 0.3) is 10.9 Å². The number of hydrogen-bond donors (Lipinski definition) is 0. The second-order valence-corrected chi connectivity index (χ2v) is 12.1. The van der Waals surface area contributed by atoms with Crippen LogP contribution in [0.5, 0.6) is 0 Å². The van der Waals surface area contributed by atoms with Crippen LogP contribution < -0.4 is 10.5 Å². The van der Waals surface area contributed by atoms with E-state index in [1.54, 1.807) is 17.1 Å². The Labute approximate surface area is 225 Å². The summed E-state index contributed by atoms with van der Waals surface area (Å²) in [6.07, 6.45) is 11.0. The lowest BCUT2D eigenvalue weighted by Crippen LogP contribution is -2.41. The summed E-state index contributed by atoms with van der Waals surface area (Å²) in [6.45, 7) is 7.12. The van der Waals surface area contributed by atoms with Gasteiger partial charge in [-0.1, -0.05) is 23.4 Å². The number of piperidine rings is 1. The van der Waals surface area contributed by atoms with Crippen molar-refractivity contribution in [3.05, 3.63) is 46.2 Å². The summed E-state index contributed by atoms with van der Waals surface area (Å²) in [6, 6.07) is 3.75. The van der Waals surface area contributed by atoms with E-state index in [4.69, 9.17) is 26.1 Å². The van der Waals surface area contributed by atoms with Gasteiger partial charge in [0.25, 0.3) is 5.56 Å². The zero-order valence-corrected chi connectivity index (χ0v) is 22.6. The Morgan fingerprint density at radius 2 is 1.95 bits per heavy atom. The maximum Gasteiger partial charge on any atom is 0.262 e. The SMILES string of the molecule is C[C@H]1CC2(CCN(c3cnc(Sc4ccc5ncn(CC6CCOCC6)c(=O)c5c4Cl)cn3)CC2)CO1. The van der Waals surface area contributed by atoms with Crippen molar-refractivity contribution in [1.82, 2.24) is 19.5 Å².